The molecule has 0 saturated carbocycles. The highest BCUT2D eigenvalue weighted by Gasteiger charge is 2.00. The van der Waals surface area contributed by atoms with Crippen LogP contribution >= 0.6 is 24.8 Å². The van der Waals surface area contributed by atoms with Gasteiger partial charge < -0.3 is 0 Å². The zero-order valence-electron chi connectivity index (χ0n) is 5.83. The largest absolute Gasteiger partial charge is 0.221 e. The Kier molecular flexibility index (Phi) is 2.11. The van der Waals surface area contributed by atoms with E-state index in [0.29, 0.717) is 4.32 Å². The van der Waals surface area contributed by atoms with Crippen LogP contribution in [0.3, 0.4) is 0 Å². The highest BCUT2D eigenvalue weighted by molar-refractivity contribution is 8.11. The van der Waals surface area contributed by atoms with Gasteiger partial charge in [0.05, 0.1) is 5.69 Å². The van der Waals surface area contributed by atoms with Gasteiger partial charge in [0, 0.05) is 5.69 Å². The number of aryl methyl sites for hydroxylation is 2. The summed E-state index contributed by atoms with van der Waals surface area (Å²) in [7, 11) is 0. The number of aromatic nitrogens is 2. The topological polar surface area (TPSA) is 17.8 Å². The number of hydrogen-bond donors (Lipinski definition) is 1. The van der Waals surface area contributed by atoms with Crippen LogP contribution in [0.15, 0.2) is 6.07 Å². The Labute approximate surface area is 70.6 Å². The van der Waals surface area contributed by atoms with Crippen molar-refractivity contribution in [1.29, 1.82) is 0 Å². The molecule has 10 heavy (non-hydrogen) atoms. The van der Waals surface area contributed by atoms with Gasteiger partial charge in [-0.15, -0.1) is 12.6 Å². The fraction of sp³-hybridized carbons (Fsp3) is 0.333. The highest BCUT2D eigenvalue weighted by Crippen LogP contribution is 2.02. The number of hydrogen-bond acceptors (Lipinski definition) is 2. The molecule has 0 bridgehead atoms. The summed E-state index contributed by atoms with van der Waals surface area (Å²) < 4.78 is 2.12. The van der Waals surface area contributed by atoms with Gasteiger partial charge in [-0.3, -0.25) is 0 Å². The lowest BCUT2D eigenvalue weighted by Gasteiger charge is -1.96. The van der Waals surface area contributed by atoms with E-state index in [4.69, 9.17) is 12.2 Å². The summed E-state index contributed by atoms with van der Waals surface area (Å²) in [6.45, 7) is 3.87. The van der Waals surface area contributed by atoms with Gasteiger partial charge in [-0.05, 0) is 19.9 Å². The molecule has 0 unspecified atom stereocenters. The van der Waals surface area contributed by atoms with Crippen LogP contribution < -0.4 is 0 Å². The fourth-order valence-corrected chi connectivity index (χ4v) is 1.21. The summed E-state index contributed by atoms with van der Waals surface area (Å²) in [4.78, 5) is 0. The van der Waals surface area contributed by atoms with Crippen molar-refractivity contribution in [2.75, 3.05) is 0 Å². The lowest BCUT2D eigenvalue weighted by molar-refractivity contribution is 0.907. The first kappa shape index (κ1) is 7.75. The molecule has 2 nitrogen and oxygen atoms in total. The van der Waals surface area contributed by atoms with Crippen molar-refractivity contribution in [3.63, 3.8) is 0 Å². The minimum absolute atomic E-state index is 0.491. The van der Waals surface area contributed by atoms with E-state index < -0.39 is 0 Å². The zero-order valence-corrected chi connectivity index (χ0v) is 7.54. The third-order valence-corrected chi connectivity index (χ3v) is 1.55. The molecule has 0 radical (unpaired) electrons. The lowest BCUT2D eigenvalue weighted by Crippen LogP contribution is -2.05. The van der Waals surface area contributed by atoms with Gasteiger partial charge in [0.2, 0.25) is 0 Å². The molecule has 4 heteroatoms. The van der Waals surface area contributed by atoms with Gasteiger partial charge in [0.25, 0.3) is 0 Å². The summed E-state index contributed by atoms with van der Waals surface area (Å²) >= 11 is 8.83. The van der Waals surface area contributed by atoms with Gasteiger partial charge in [0.1, 0.15) is 0 Å². The Morgan fingerprint density at radius 3 is 2.50 bits per heavy atom. The van der Waals surface area contributed by atoms with Crippen LogP contribution in [0, 0.1) is 13.8 Å². The summed E-state index contributed by atoms with van der Waals surface area (Å²) in [5, 5.41) is 4.11. The summed E-state index contributed by atoms with van der Waals surface area (Å²) in [6.07, 6.45) is 0. The fourth-order valence-electron chi connectivity index (χ4n) is 0.823. The number of thiocarbonyl (C=S) groups is 1. The molecule has 54 valence electrons. The second kappa shape index (κ2) is 2.72. The standard InChI is InChI=1S/C6H8N2S2/c1-4-3-5(2)8(7-4)6(9)10/h3H,1-2H3,(H,9,10). The molecule has 0 aromatic carbocycles. The average Bonchev–Trinajstić information content (AvgIpc) is 2.10. The van der Waals surface area contributed by atoms with Crippen molar-refractivity contribution >= 4 is 29.2 Å². The van der Waals surface area contributed by atoms with Crippen molar-refractivity contribution in [3.05, 3.63) is 17.5 Å². The Morgan fingerprint density at radius 1 is 1.70 bits per heavy atom. The predicted molar refractivity (Wildman–Crippen MR) is 48.7 cm³/mol. The first-order valence-corrected chi connectivity index (χ1v) is 3.73. The van der Waals surface area contributed by atoms with Crippen LogP contribution in [0.2, 0.25) is 0 Å². The third-order valence-electron chi connectivity index (χ3n) is 1.19. The normalized spacial score (nSPS) is 9.90. The van der Waals surface area contributed by atoms with Gasteiger partial charge >= 0.3 is 0 Å². The van der Waals surface area contributed by atoms with Crippen LogP contribution in [-0.4, -0.2) is 14.1 Å². The van der Waals surface area contributed by atoms with E-state index in [2.05, 4.69) is 17.7 Å². The van der Waals surface area contributed by atoms with E-state index in [1.807, 2.05) is 19.9 Å². The van der Waals surface area contributed by atoms with Gasteiger partial charge in [-0.2, -0.15) is 5.10 Å². The van der Waals surface area contributed by atoms with Crippen LogP contribution in [-0.2, 0) is 0 Å². The van der Waals surface area contributed by atoms with Crippen LogP contribution in [0.25, 0.3) is 0 Å². The van der Waals surface area contributed by atoms with E-state index in [1.54, 1.807) is 4.68 Å². The lowest BCUT2D eigenvalue weighted by atomic mass is 10.4. The second-order valence-corrected chi connectivity index (χ2v) is 3.23. The Bertz CT molecular complexity index is 265. The molecule has 0 N–H and O–H groups in total. The van der Waals surface area contributed by atoms with Crippen molar-refractivity contribution in [2.45, 2.75) is 13.8 Å². The summed E-state index contributed by atoms with van der Waals surface area (Å²) in [5.74, 6) is 0. The molecule has 0 aliphatic heterocycles. The van der Waals surface area contributed by atoms with Crippen molar-refractivity contribution in [2.24, 2.45) is 0 Å². The molecule has 1 aromatic rings. The smallest absolute Gasteiger partial charge is 0.158 e. The van der Waals surface area contributed by atoms with Crippen molar-refractivity contribution in [3.8, 4) is 0 Å². The van der Waals surface area contributed by atoms with Gasteiger partial charge in [-0.1, -0.05) is 12.2 Å². The van der Waals surface area contributed by atoms with E-state index >= 15 is 0 Å². The SMILES string of the molecule is Cc1cc(C)n(C(=S)S)n1. The zero-order chi connectivity index (χ0) is 7.72. The number of thiol groups is 1. The maximum atomic E-state index is 4.83. The molecule has 1 rings (SSSR count). The molecular formula is C6H8N2S2. The van der Waals surface area contributed by atoms with Crippen LogP contribution in [0.5, 0.6) is 0 Å². The van der Waals surface area contributed by atoms with Gasteiger partial charge in [-0.25, -0.2) is 4.68 Å². The molecule has 0 atom stereocenters. The molecule has 1 heterocycles. The monoisotopic (exact) mass is 172 g/mol. The molecule has 0 aliphatic rings. The molecule has 0 amide bonds. The molecule has 1 aromatic heterocycles. The van der Waals surface area contributed by atoms with Crippen molar-refractivity contribution in [1.82, 2.24) is 9.78 Å². The summed E-state index contributed by atoms with van der Waals surface area (Å²) in [6, 6.07) is 1.96. The minimum atomic E-state index is 0.491. The van der Waals surface area contributed by atoms with E-state index in [1.165, 1.54) is 0 Å². The quantitative estimate of drug-likeness (QED) is 0.473. The second-order valence-electron chi connectivity index (χ2n) is 2.12. The van der Waals surface area contributed by atoms with E-state index in [-0.39, 0.29) is 0 Å². The average molecular weight is 172 g/mol. The van der Waals surface area contributed by atoms with E-state index in [0.717, 1.165) is 11.4 Å². The number of rotatable bonds is 0. The molecule has 0 fully saturated rings. The Hall–Kier alpha value is -0.350. The Morgan fingerprint density at radius 2 is 2.30 bits per heavy atom. The van der Waals surface area contributed by atoms with Gasteiger partial charge in [0.15, 0.2) is 4.32 Å². The first-order chi connectivity index (χ1) is 4.61. The number of nitrogens with zero attached hydrogens (tertiary/aromatic N) is 2. The molecule has 0 aliphatic carbocycles. The maximum Gasteiger partial charge on any atom is 0.158 e. The minimum Gasteiger partial charge on any atom is -0.221 e. The summed E-state index contributed by atoms with van der Waals surface area (Å²) in [5.41, 5.74) is 1.99. The van der Waals surface area contributed by atoms with Crippen LogP contribution in [0.4, 0.5) is 0 Å². The highest BCUT2D eigenvalue weighted by atomic mass is 32.1. The first-order valence-electron chi connectivity index (χ1n) is 2.88. The molecular weight excluding hydrogens is 164 g/mol. The predicted octanol–water partition coefficient (Wildman–Crippen LogP) is 1.56. The van der Waals surface area contributed by atoms with E-state index in [9.17, 15) is 0 Å². The molecule has 0 saturated heterocycles. The third kappa shape index (κ3) is 1.38. The maximum absolute atomic E-state index is 4.83. The Balaban J connectivity index is 3.15. The molecule has 0 spiro atoms. The van der Waals surface area contributed by atoms with Crippen LogP contribution in [0.1, 0.15) is 11.4 Å². The van der Waals surface area contributed by atoms with Crippen molar-refractivity contribution < 1.29 is 0 Å².